The van der Waals surface area contributed by atoms with Gasteiger partial charge in [-0.25, -0.2) is 0 Å². The maximum atomic E-state index is 11.5. The number of carbonyl (C=O) groups excluding carboxylic acids is 1. The molecule has 68 valence electrons. The summed E-state index contributed by atoms with van der Waals surface area (Å²) in [6.45, 7) is 2.20. The molecule has 2 aliphatic heterocycles. The van der Waals surface area contributed by atoms with Crippen LogP contribution >= 0.6 is 0 Å². The van der Waals surface area contributed by atoms with Gasteiger partial charge in [0, 0.05) is 13.1 Å². The zero-order valence-electron chi connectivity index (χ0n) is 6.99. The van der Waals surface area contributed by atoms with Crippen molar-refractivity contribution in [2.45, 2.75) is 25.0 Å². The molecule has 2 fully saturated rings. The van der Waals surface area contributed by atoms with E-state index in [1.54, 1.807) is 4.90 Å². The molecule has 0 saturated carbocycles. The number of carbonyl (C=O) groups is 1. The van der Waals surface area contributed by atoms with E-state index in [0.29, 0.717) is 6.54 Å². The van der Waals surface area contributed by atoms with Gasteiger partial charge in [0.05, 0.1) is 12.1 Å². The second-order valence-corrected chi connectivity index (χ2v) is 3.52. The van der Waals surface area contributed by atoms with Gasteiger partial charge in [0.15, 0.2) is 0 Å². The van der Waals surface area contributed by atoms with Gasteiger partial charge in [0.2, 0.25) is 5.91 Å². The molecule has 0 aromatic heterocycles. The minimum absolute atomic E-state index is 0.0373. The van der Waals surface area contributed by atoms with E-state index in [4.69, 9.17) is 0 Å². The normalized spacial score (nSPS) is 34.9. The lowest BCUT2D eigenvalue weighted by molar-refractivity contribution is -0.134. The number of nitrogens with one attached hydrogen (secondary N) is 1. The van der Waals surface area contributed by atoms with Crippen LogP contribution in [0.3, 0.4) is 0 Å². The predicted octanol–water partition coefficient (Wildman–Crippen LogP) is -1.06. The summed E-state index contributed by atoms with van der Waals surface area (Å²) in [5.41, 5.74) is 0. The molecule has 4 heteroatoms. The van der Waals surface area contributed by atoms with Crippen molar-refractivity contribution in [1.82, 2.24) is 10.2 Å². The molecule has 0 bridgehead atoms. The Morgan fingerprint density at radius 1 is 1.50 bits per heavy atom. The van der Waals surface area contributed by atoms with Crippen LogP contribution < -0.4 is 5.32 Å². The van der Waals surface area contributed by atoms with Crippen LogP contribution in [-0.2, 0) is 4.79 Å². The minimum atomic E-state index is -0.297. The van der Waals surface area contributed by atoms with Crippen molar-refractivity contribution in [1.29, 1.82) is 0 Å². The van der Waals surface area contributed by atoms with Crippen LogP contribution in [-0.4, -0.2) is 47.7 Å². The third-order valence-corrected chi connectivity index (χ3v) is 2.60. The third-order valence-electron chi connectivity index (χ3n) is 2.60. The second kappa shape index (κ2) is 3.03. The van der Waals surface area contributed by atoms with Crippen molar-refractivity contribution in [2.75, 3.05) is 19.6 Å². The first-order chi connectivity index (χ1) is 5.77. The highest BCUT2D eigenvalue weighted by molar-refractivity contribution is 5.83. The summed E-state index contributed by atoms with van der Waals surface area (Å²) >= 11 is 0. The molecule has 2 aliphatic rings. The Hall–Kier alpha value is -0.610. The molecule has 0 aromatic rings. The number of aliphatic hydroxyl groups is 1. The summed E-state index contributed by atoms with van der Waals surface area (Å²) in [5, 5.41) is 12.3. The number of hydrogen-bond donors (Lipinski definition) is 2. The number of nitrogens with zero attached hydrogens (tertiary/aromatic N) is 1. The van der Waals surface area contributed by atoms with Gasteiger partial charge >= 0.3 is 0 Å². The van der Waals surface area contributed by atoms with Crippen LogP contribution in [0.15, 0.2) is 0 Å². The van der Waals surface area contributed by atoms with E-state index in [-0.39, 0.29) is 18.1 Å². The number of rotatable bonds is 1. The summed E-state index contributed by atoms with van der Waals surface area (Å²) in [6.07, 6.45) is 1.39. The lowest BCUT2D eigenvalue weighted by Gasteiger charge is -2.30. The molecule has 1 amide bonds. The van der Waals surface area contributed by atoms with Crippen molar-refractivity contribution < 1.29 is 9.90 Å². The molecule has 2 heterocycles. The molecule has 2 N–H and O–H groups in total. The zero-order valence-corrected chi connectivity index (χ0v) is 6.99. The van der Waals surface area contributed by atoms with Crippen molar-refractivity contribution in [2.24, 2.45) is 0 Å². The molecular formula is C8H14N2O2. The van der Waals surface area contributed by atoms with E-state index in [2.05, 4.69) is 5.32 Å². The number of amides is 1. The molecule has 2 rings (SSSR count). The van der Waals surface area contributed by atoms with Crippen molar-refractivity contribution in [3.63, 3.8) is 0 Å². The first kappa shape index (κ1) is 8.01. The van der Waals surface area contributed by atoms with Crippen molar-refractivity contribution in [3.8, 4) is 0 Å². The first-order valence-electron chi connectivity index (χ1n) is 4.47. The van der Waals surface area contributed by atoms with Crippen LogP contribution in [0.5, 0.6) is 0 Å². The molecule has 4 nitrogen and oxygen atoms in total. The van der Waals surface area contributed by atoms with E-state index < -0.39 is 0 Å². The van der Waals surface area contributed by atoms with Gasteiger partial charge in [-0.1, -0.05) is 0 Å². The molecule has 0 aliphatic carbocycles. The number of likely N-dealkylation sites (tertiary alicyclic amines) is 1. The van der Waals surface area contributed by atoms with Crippen LogP contribution in [0.2, 0.25) is 0 Å². The van der Waals surface area contributed by atoms with E-state index in [1.165, 1.54) is 0 Å². The second-order valence-electron chi connectivity index (χ2n) is 3.52. The number of aliphatic hydroxyl groups excluding tert-OH is 1. The summed E-state index contributed by atoms with van der Waals surface area (Å²) in [4.78, 5) is 13.3. The maximum absolute atomic E-state index is 11.5. The smallest absolute Gasteiger partial charge is 0.239 e. The highest BCUT2D eigenvalue weighted by atomic mass is 16.3. The lowest BCUT2D eigenvalue weighted by Crippen LogP contribution is -2.54. The number of hydrogen-bond acceptors (Lipinski definition) is 3. The van der Waals surface area contributed by atoms with Gasteiger partial charge in [-0.05, 0) is 19.4 Å². The van der Waals surface area contributed by atoms with E-state index in [0.717, 1.165) is 25.9 Å². The molecule has 0 aromatic carbocycles. The van der Waals surface area contributed by atoms with Crippen LogP contribution in [0.1, 0.15) is 12.8 Å². The Morgan fingerprint density at radius 2 is 2.25 bits per heavy atom. The number of β-amino-alcohol motifs (C(OH)–C–C–N with tert-alkyl or cyclic N) is 1. The summed E-state index contributed by atoms with van der Waals surface area (Å²) in [6, 6.07) is 0.0373. The Morgan fingerprint density at radius 3 is 2.67 bits per heavy atom. The van der Waals surface area contributed by atoms with Gasteiger partial charge in [-0.2, -0.15) is 0 Å². The molecule has 12 heavy (non-hydrogen) atoms. The molecule has 2 saturated heterocycles. The van der Waals surface area contributed by atoms with Crippen LogP contribution in [0.4, 0.5) is 0 Å². The van der Waals surface area contributed by atoms with Gasteiger partial charge in [-0.15, -0.1) is 0 Å². The van der Waals surface area contributed by atoms with Gasteiger partial charge in [0.25, 0.3) is 0 Å². The van der Waals surface area contributed by atoms with E-state index in [1.807, 2.05) is 0 Å². The van der Waals surface area contributed by atoms with Gasteiger partial charge < -0.3 is 15.3 Å². The predicted molar refractivity (Wildman–Crippen MR) is 43.6 cm³/mol. The van der Waals surface area contributed by atoms with Gasteiger partial charge in [-0.3, -0.25) is 4.79 Å². The zero-order chi connectivity index (χ0) is 8.55. The maximum Gasteiger partial charge on any atom is 0.239 e. The monoisotopic (exact) mass is 170 g/mol. The highest BCUT2D eigenvalue weighted by Gasteiger charge is 2.32. The van der Waals surface area contributed by atoms with E-state index in [9.17, 15) is 9.90 Å². The molecule has 0 spiro atoms. The van der Waals surface area contributed by atoms with E-state index >= 15 is 0 Å². The van der Waals surface area contributed by atoms with Crippen molar-refractivity contribution >= 4 is 5.91 Å². The molecule has 0 unspecified atom stereocenters. The topological polar surface area (TPSA) is 52.6 Å². The quantitative estimate of drug-likeness (QED) is 0.527. The van der Waals surface area contributed by atoms with Crippen LogP contribution in [0.25, 0.3) is 0 Å². The van der Waals surface area contributed by atoms with Crippen LogP contribution in [0, 0.1) is 0 Å². The summed E-state index contributed by atoms with van der Waals surface area (Å²) in [7, 11) is 0. The minimum Gasteiger partial charge on any atom is -0.391 e. The highest BCUT2D eigenvalue weighted by Crippen LogP contribution is 2.13. The Bertz CT molecular complexity index is 191. The Kier molecular flexibility index (Phi) is 2.02. The Balaban J connectivity index is 1.87. The lowest BCUT2D eigenvalue weighted by atomic mass is 10.1. The molecular weight excluding hydrogens is 156 g/mol. The largest absolute Gasteiger partial charge is 0.391 e. The first-order valence-corrected chi connectivity index (χ1v) is 4.47. The molecule has 2 atom stereocenters. The average molecular weight is 170 g/mol. The standard InChI is InChI=1S/C8H14N2O2/c11-6-2-4-10(5-6)8(12)7-1-3-9-7/h6-7,9,11H,1-5H2/t6-,7+/m0/s1. The van der Waals surface area contributed by atoms with Crippen molar-refractivity contribution in [3.05, 3.63) is 0 Å². The fourth-order valence-corrected chi connectivity index (χ4v) is 1.66. The fraction of sp³-hybridized carbons (Fsp3) is 0.875. The fourth-order valence-electron chi connectivity index (χ4n) is 1.66. The summed E-state index contributed by atoms with van der Waals surface area (Å²) < 4.78 is 0. The average Bonchev–Trinajstić information content (AvgIpc) is 2.31. The van der Waals surface area contributed by atoms with Gasteiger partial charge in [0.1, 0.15) is 0 Å². The SMILES string of the molecule is O=C([C@H]1CCN1)N1CC[C@H](O)C1. The molecule has 0 radical (unpaired) electrons. The Labute approximate surface area is 71.5 Å². The third kappa shape index (κ3) is 1.32. The summed E-state index contributed by atoms with van der Waals surface area (Å²) in [5.74, 6) is 0.165.